The maximum atomic E-state index is 14.1. The molecule has 10 nitrogen and oxygen atoms in total. The van der Waals surface area contributed by atoms with E-state index in [2.05, 4.69) is 15.5 Å². The largest absolute Gasteiger partial charge is 0.394 e. The second-order valence-electron chi connectivity index (χ2n) is 11.5. The van der Waals surface area contributed by atoms with Crippen molar-refractivity contribution in [1.29, 1.82) is 0 Å². The molecule has 36 heavy (non-hydrogen) atoms. The molecule has 6 atom stereocenters. The van der Waals surface area contributed by atoms with E-state index < -0.39 is 35.1 Å². The lowest BCUT2D eigenvalue weighted by Gasteiger charge is -2.37. The predicted octanol–water partition coefficient (Wildman–Crippen LogP) is 0.133. The van der Waals surface area contributed by atoms with Crippen LogP contribution in [0.1, 0.15) is 53.4 Å². The lowest BCUT2D eigenvalue weighted by Crippen LogP contribution is -2.58. The molecule has 4 aliphatic rings. The lowest BCUT2D eigenvalue weighted by atomic mass is 9.66. The summed E-state index contributed by atoms with van der Waals surface area (Å²) in [6.07, 6.45) is 2.50. The molecule has 0 aliphatic carbocycles. The number of carbonyl (C=O) groups excluding carboxylic acids is 3. The van der Waals surface area contributed by atoms with Gasteiger partial charge in [-0.15, -0.1) is 0 Å². The van der Waals surface area contributed by atoms with E-state index in [4.69, 9.17) is 9.47 Å². The van der Waals surface area contributed by atoms with Gasteiger partial charge in [-0.05, 0) is 38.5 Å². The van der Waals surface area contributed by atoms with Gasteiger partial charge < -0.3 is 30.1 Å². The van der Waals surface area contributed by atoms with E-state index in [0.717, 1.165) is 19.5 Å². The molecule has 2 unspecified atom stereocenters. The molecular weight excluding hydrogens is 464 g/mol. The molecule has 10 heteroatoms. The summed E-state index contributed by atoms with van der Waals surface area (Å²) in [5.41, 5.74) is -1.85. The van der Waals surface area contributed by atoms with Crippen LogP contribution in [0, 0.1) is 17.8 Å². The quantitative estimate of drug-likeness (QED) is 0.363. The molecule has 4 fully saturated rings. The Bertz CT molecular complexity index is 833. The molecule has 0 aromatic rings. The Morgan fingerprint density at radius 2 is 1.83 bits per heavy atom. The third-order valence-corrected chi connectivity index (χ3v) is 8.47. The summed E-state index contributed by atoms with van der Waals surface area (Å²) in [4.78, 5) is 45.0. The van der Waals surface area contributed by atoms with E-state index in [1.807, 2.05) is 27.7 Å². The molecule has 1 spiro atoms. The molecule has 4 rings (SSSR count). The van der Waals surface area contributed by atoms with Gasteiger partial charge in [0.15, 0.2) is 0 Å². The van der Waals surface area contributed by atoms with E-state index >= 15 is 0 Å². The maximum absolute atomic E-state index is 14.1. The van der Waals surface area contributed by atoms with Crippen molar-refractivity contribution in [2.45, 2.75) is 76.7 Å². The van der Waals surface area contributed by atoms with Crippen LogP contribution in [-0.2, 0) is 23.9 Å². The highest BCUT2D eigenvalue weighted by Gasteiger charge is 2.78. The first-order valence-electron chi connectivity index (χ1n) is 13.7. The number of nitrogens with one attached hydrogen (secondary N) is 2. The van der Waals surface area contributed by atoms with E-state index in [9.17, 15) is 19.5 Å². The minimum absolute atomic E-state index is 0.183. The first-order chi connectivity index (χ1) is 17.2. The summed E-state index contributed by atoms with van der Waals surface area (Å²) in [5, 5.41) is 16.3. The zero-order chi connectivity index (χ0) is 26.1. The van der Waals surface area contributed by atoms with Crippen molar-refractivity contribution in [3.8, 4) is 0 Å². The smallest absolute Gasteiger partial charge is 0.245 e. The fourth-order valence-corrected chi connectivity index (χ4v) is 6.89. The van der Waals surface area contributed by atoms with Crippen LogP contribution in [-0.4, -0.2) is 108 Å². The zero-order valence-electron chi connectivity index (χ0n) is 22.3. The van der Waals surface area contributed by atoms with Crippen LogP contribution in [0.3, 0.4) is 0 Å². The monoisotopic (exact) mass is 508 g/mol. The highest BCUT2D eigenvalue weighted by atomic mass is 16.5. The third-order valence-electron chi connectivity index (χ3n) is 8.47. The van der Waals surface area contributed by atoms with E-state index in [1.54, 1.807) is 4.90 Å². The molecular formula is C26H44N4O6. The number of fused-ring (bicyclic) bond motifs is 1. The van der Waals surface area contributed by atoms with Gasteiger partial charge >= 0.3 is 0 Å². The Kier molecular flexibility index (Phi) is 8.29. The van der Waals surface area contributed by atoms with Gasteiger partial charge in [0.1, 0.15) is 11.6 Å². The number of amides is 3. The van der Waals surface area contributed by atoms with Gasteiger partial charge in [0, 0.05) is 32.7 Å². The summed E-state index contributed by atoms with van der Waals surface area (Å²) in [7, 11) is 0. The average Bonchev–Trinajstić information content (AvgIpc) is 3.42. The van der Waals surface area contributed by atoms with Gasteiger partial charge in [0.05, 0.1) is 43.3 Å². The van der Waals surface area contributed by atoms with Crippen LogP contribution in [0.2, 0.25) is 0 Å². The summed E-state index contributed by atoms with van der Waals surface area (Å²) >= 11 is 0. The molecule has 0 saturated carbocycles. The number of morpholine rings is 1. The Morgan fingerprint density at radius 1 is 1.14 bits per heavy atom. The van der Waals surface area contributed by atoms with Crippen molar-refractivity contribution in [3.63, 3.8) is 0 Å². The summed E-state index contributed by atoms with van der Waals surface area (Å²) in [5.74, 6) is -1.86. The van der Waals surface area contributed by atoms with Crippen LogP contribution in [0.25, 0.3) is 0 Å². The highest BCUT2D eigenvalue weighted by molar-refractivity contribution is 5.99. The normalized spacial score (nSPS) is 34.8. The Hall–Kier alpha value is -1.75. The molecule has 4 aliphatic heterocycles. The van der Waals surface area contributed by atoms with Crippen LogP contribution >= 0.6 is 0 Å². The number of hydrogen-bond acceptors (Lipinski definition) is 7. The Balaban J connectivity index is 1.62. The number of hydrogen-bond donors (Lipinski definition) is 3. The molecule has 4 saturated heterocycles. The molecule has 3 N–H and O–H groups in total. The fraction of sp³-hybridized carbons (Fsp3) is 0.885. The second-order valence-corrected chi connectivity index (χ2v) is 11.5. The minimum atomic E-state index is -1.06. The van der Waals surface area contributed by atoms with Gasteiger partial charge in [0.25, 0.3) is 0 Å². The Morgan fingerprint density at radius 3 is 2.47 bits per heavy atom. The molecule has 3 amide bonds. The second kappa shape index (κ2) is 10.9. The Labute approximate surface area is 214 Å². The number of rotatable bonds is 11. The number of aliphatic hydroxyl groups is 1. The van der Waals surface area contributed by atoms with Crippen LogP contribution < -0.4 is 10.6 Å². The predicted molar refractivity (Wildman–Crippen MR) is 133 cm³/mol. The van der Waals surface area contributed by atoms with Crippen LogP contribution in [0.4, 0.5) is 0 Å². The first kappa shape index (κ1) is 27.3. The molecule has 0 aromatic carbocycles. The van der Waals surface area contributed by atoms with Crippen LogP contribution in [0.5, 0.6) is 0 Å². The lowest BCUT2D eigenvalue weighted by molar-refractivity contribution is -0.150. The van der Waals surface area contributed by atoms with Crippen molar-refractivity contribution < 1.29 is 29.0 Å². The topological polar surface area (TPSA) is 120 Å². The van der Waals surface area contributed by atoms with E-state index in [1.165, 1.54) is 0 Å². The SMILES string of the molecule is CCCNC(=O)[C@H]1[C@H]2C(=O)N([C@@H](CO)CC(C)C)C(C(=O)NCCN3CCOCC3)C23CC[C@]1(C)O3. The number of aliphatic hydroxyl groups excluding tert-OH is 1. The summed E-state index contributed by atoms with van der Waals surface area (Å²) < 4.78 is 12.0. The van der Waals surface area contributed by atoms with Gasteiger partial charge in [-0.1, -0.05) is 20.8 Å². The van der Waals surface area contributed by atoms with Crippen molar-refractivity contribution in [3.05, 3.63) is 0 Å². The fourth-order valence-electron chi connectivity index (χ4n) is 6.89. The molecule has 0 aromatic heterocycles. The van der Waals surface area contributed by atoms with Crippen molar-refractivity contribution in [1.82, 2.24) is 20.4 Å². The molecule has 204 valence electrons. The van der Waals surface area contributed by atoms with Crippen molar-refractivity contribution in [2.24, 2.45) is 17.8 Å². The number of ether oxygens (including phenoxy) is 2. The number of nitrogens with zero attached hydrogens (tertiary/aromatic N) is 2. The van der Waals surface area contributed by atoms with E-state index in [-0.39, 0.29) is 30.2 Å². The summed E-state index contributed by atoms with van der Waals surface area (Å²) in [6.45, 7) is 12.4. The minimum Gasteiger partial charge on any atom is -0.394 e. The van der Waals surface area contributed by atoms with Gasteiger partial charge in [-0.2, -0.15) is 0 Å². The van der Waals surface area contributed by atoms with Crippen LogP contribution in [0.15, 0.2) is 0 Å². The van der Waals surface area contributed by atoms with Gasteiger partial charge in [-0.25, -0.2) is 0 Å². The zero-order valence-corrected chi connectivity index (χ0v) is 22.3. The number of likely N-dealkylation sites (tertiary alicyclic amines) is 1. The molecule has 4 heterocycles. The van der Waals surface area contributed by atoms with Gasteiger partial charge in [-0.3, -0.25) is 19.3 Å². The van der Waals surface area contributed by atoms with E-state index in [0.29, 0.717) is 52.1 Å². The number of carbonyl (C=O) groups is 3. The third kappa shape index (κ3) is 4.77. The van der Waals surface area contributed by atoms with Gasteiger partial charge in [0.2, 0.25) is 17.7 Å². The van der Waals surface area contributed by atoms with Crippen molar-refractivity contribution in [2.75, 3.05) is 52.5 Å². The molecule has 0 radical (unpaired) electrons. The molecule has 2 bridgehead atoms. The first-order valence-corrected chi connectivity index (χ1v) is 13.7. The highest BCUT2D eigenvalue weighted by Crippen LogP contribution is 2.63. The summed E-state index contributed by atoms with van der Waals surface area (Å²) in [6, 6.07) is -1.39. The average molecular weight is 509 g/mol. The standard InChI is InChI=1S/C26H44N4O6/c1-5-8-27-22(32)19-20-24(34)30(18(16-31)15-17(2)3)21(26(20)7-6-25(19,4)36-26)23(33)28-9-10-29-11-13-35-14-12-29/h17-21,31H,5-16H2,1-4H3,(H,27,32)(H,28,33)/t18-,19-,20+,21?,25+,26?/m1/s1. The van der Waals surface area contributed by atoms with Crippen molar-refractivity contribution >= 4 is 17.7 Å². The maximum Gasteiger partial charge on any atom is 0.245 e.